The number of hydrogen-bond donors (Lipinski definition) is 1. The number of aliphatic hydroxyl groups is 1. The molecule has 130 valence electrons. The first-order valence-electron chi connectivity index (χ1n) is 8.79. The van der Waals surface area contributed by atoms with Crippen molar-refractivity contribution in [3.8, 4) is 0 Å². The first kappa shape index (κ1) is 16.6. The van der Waals surface area contributed by atoms with Gasteiger partial charge in [0.15, 0.2) is 0 Å². The second-order valence-corrected chi connectivity index (χ2v) is 7.85. The van der Waals surface area contributed by atoms with E-state index in [2.05, 4.69) is 0 Å². The van der Waals surface area contributed by atoms with Crippen LogP contribution >= 0.6 is 11.6 Å². The molecule has 1 aliphatic carbocycles. The Kier molecular flexibility index (Phi) is 3.89. The first-order chi connectivity index (χ1) is 11.9. The number of carbonyl (C=O) groups excluding carboxylic acids is 1. The standard InChI is InChI=1S/C21H22ClNO2/c1-15-4-2-3-5-18(15)21(25)12-13-23(14-21)19(24)20(10-11-20)16-6-8-17(22)9-7-16/h2-9,25H,10-14H2,1H3/t21-/m0/s1. The van der Waals surface area contributed by atoms with Gasteiger partial charge in [-0.05, 0) is 55.0 Å². The van der Waals surface area contributed by atoms with Crippen molar-refractivity contribution in [2.45, 2.75) is 37.2 Å². The number of hydrogen-bond acceptors (Lipinski definition) is 2. The monoisotopic (exact) mass is 355 g/mol. The van der Waals surface area contributed by atoms with E-state index in [1.54, 1.807) is 0 Å². The number of β-amino-alcohol motifs (C(OH)–C–C–N with tert-alkyl or cyclic N) is 1. The maximum Gasteiger partial charge on any atom is 0.233 e. The van der Waals surface area contributed by atoms with Crippen molar-refractivity contribution in [1.82, 2.24) is 4.90 Å². The zero-order valence-electron chi connectivity index (χ0n) is 14.3. The molecule has 0 unspecified atom stereocenters. The summed E-state index contributed by atoms with van der Waals surface area (Å²) in [5.41, 5.74) is 1.67. The summed E-state index contributed by atoms with van der Waals surface area (Å²) in [5.74, 6) is 0.138. The smallest absolute Gasteiger partial charge is 0.233 e. The van der Waals surface area contributed by atoms with Crippen LogP contribution in [0.3, 0.4) is 0 Å². The lowest BCUT2D eigenvalue weighted by Gasteiger charge is -2.27. The molecule has 2 fully saturated rings. The van der Waals surface area contributed by atoms with Crippen LogP contribution < -0.4 is 0 Å². The van der Waals surface area contributed by atoms with E-state index in [4.69, 9.17) is 11.6 Å². The molecule has 0 spiro atoms. The van der Waals surface area contributed by atoms with Crippen molar-refractivity contribution in [2.75, 3.05) is 13.1 Å². The minimum atomic E-state index is -0.947. The maximum atomic E-state index is 13.2. The third-order valence-corrected chi connectivity index (χ3v) is 5.99. The van der Waals surface area contributed by atoms with Crippen LogP contribution in [0.5, 0.6) is 0 Å². The fourth-order valence-corrected chi connectivity index (χ4v) is 4.23. The molecule has 1 aliphatic heterocycles. The molecule has 1 atom stereocenters. The molecule has 1 amide bonds. The predicted octanol–water partition coefficient (Wildman–Crippen LogP) is 3.80. The lowest BCUT2D eigenvalue weighted by Crippen LogP contribution is -2.40. The predicted molar refractivity (Wildman–Crippen MR) is 98.6 cm³/mol. The molecule has 25 heavy (non-hydrogen) atoms. The van der Waals surface area contributed by atoms with Crippen molar-refractivity contribution in [3.63, 3.8) is 0 Å². The van der Waals surface area contributed by atoms with Crippen molar-refractivity contribution < 1.29 is 9.90 Å². The zero-order valence-corrected chi connectivity index (χ0v) is 15.1. The Labute approximate surface area is 153 Å². The molecular weight excluding hydrogens is 334 g/mol. The van der Waals surface area contributed by atoms with Gasteiger partial charge in [0.25, 0.3) is 0 Å². The quantitative estimate of drug-likeness (QED) is 0.909. The molecule has 0 radical (unpaired) electrons. The number of rotatable bonds is 3. The fraction of sp³-hybridized carbons (Fsp3) is 0.381. The van der Waals surface area contributed by atoms with E-state index in [9.17, 15) is 9.90 Å². The van der Waals surface area contributed by atoms with E-state index in [1.165, 1.54) is 0 Å². The van der Waals surface area contributed by atoms with Crippen molar-refractivity contribution in [3.05, 3.63) is 70.2 Å². The second-order valence-electron chi connectivity index (χ2n) is 7.41. The topological polar surface area (TPSA) is 40.5 Å². The van der Waals surface area contributed by atoms with Gasteiger partial charge in [0.2, 0.25) is 5.91 Å². The third-order valence-electron chi connectivity index (χ3n) is 5.74. The van der Waals surface area contributed by atoms with Gasteiger partial charge in [-0.25, -0.2) is 0 Å². The molecule has 4 rings (SSSR count). The minimum absolute atomic E-state index is 0.138. The molecule has 2 aliphatic rings. The molecule has 2 aromatic carbocycles. The van der Waals surface area contributed by atoms with Crippen LogP contribution in [0.15, 0.2) is 48.5 Å². The summed E-state index contributed by atoms with van der Waals surface area (Å²) in [6.45, 7) is 2.97. The van der Waals surface area contributed by atoms with Crippen LogP contribution in [0.4, 0.5) is 0 Å². The number of halogens is 1. The van der Waals surface area contributed by atoms with Crippen LogP contribution in [-0.4, -0.2) is 29.0 Å². The highest BCUT2D eigenvalue weighted by Crippen LogP contribution is 2.51. The van der Waals surface area contributed by atoms with E-state index in [1.807, 2.05) is 60.4 Å². The highest BCUT2D eigenvalue weighted by Gasteiger charge is 2.55. The van der Waals surface area contributed by atoms with E-state index < -0.39 is 11.0 Å². The second kappa shape index (κ2) is 5.86. The Bertz CT molecular complexity index is 813. The summed E-state index contributed by atoms with van der Waals surface area (Å²) in [5, 5.41) is 11.8. The number of carbonyl (C=O) groups is 1. The number of likely N-dealkylation sites (tertiary alicyclic amines) is 1. The molecule has 1 N–H and O–H groups in total. The molecular formula is C21H22ClNO2. The Morgan fingerprint density at radius 1 is 1.08 bits per heavy atom. The lowest BCUT2D eigenvalue weighted by molar-refractivity contribution is -0.134. The largest absolute Gasteiger partial charge is 0.383 e. The molecule has 1 saturated heterocycles. The number of aryl methyl sites for hydroxylation is 1. The molecule has 0 bridgehead atoms. The summed E-state index contributed by atoms with van der Waals surface area (Å²) in [6, 6.07) is 15.5. The van der Waals surface area contributed by atoms with Crippen LogP contribution in [-0.2, 0) is 15.8 Å². The van der Waals surface area contributed by atoms with Crippen LogP contribution in [0.1, 0.15) is 36.0 Å². The van der Waals surface area contributed by atoms with E-state index in [0.717, 1.165) is 29.5 Å². The zero-order chi connectivity index (χ0) is 17.7. The maximum absolute atomic E-state index is 13.2. The summed E-state index contributed by atoms with van der Waals surface area (Å²) in [6.07, 6.45) is 2.32. The van der Waals surface area contributed by atoms with Gasteiger partial charge in [-0.3, -0.25) is 4.79 Å². The Morgan fingerprint density at radius 2 is 1.76 bits per heavy atom. The van der Waals surface area contributed by atoms with Crippen molar-refractivity contribution in [1.29, 1.82) is 0 Å². The van der Waals surface area contributed by atoms with Crippen LogP contribution in [0, 0.1) is 6.92 Å². The molecule has 3 nitrogen and oxygen atoms in total. The van der Waals surface area contributed by atoms with Gasteiger partial charge in [0.05, 0.1) is 12.0 Å². The van der Waals surface area contributed by atoms with Crippen LogP contribution in [0.25, 0.3) is 0 Å². The highest BCUT2D eigenvalue weighted by molar-refractivity contribution is 6.30. The fourth-order valence-electron chi connectivity index (χ4n) is 4.10. The van der Waals surface area contributed by atoms with Gasteiger partial charge in [-0.2, -0.15) is 0 Å². The molecule has 0 aromatic heterocycles. The average molecular weight is 356 g/mol. The average Bonchev–Trinajstić information content (AvgIpc) is 3.32. The van der Waals surface area contributed by atoms with Gasteiger partial charge in [-0.15, -0.1) is 0 Å². The van der Waals surface area contributed by atoms with E-state index >= 15 is 0 Å². The Balaban J connectivity index is 1.57. The van der Waals surface area contributed by atoms with Crippen molar-refractivity contribution in [2.24, 2.45) is 0 Å². The minimum Gasteiger partial charge on any atom is -0.383 e. The number of amides is 1. The molecule has 1 saturated carbocycles. The van der Waals surface area contributed by atoms with Crippen molar-refractivity contribution >= 4 is 17.5 Å². The summed E-state index contributed by atoms with van der Waals surface area (Å²) in [4.78, 5) is 15.0. The number of nitrogens with zero attached hydrogens (tertiary/aromatic N) is 1. The lowest BCUT2D eigenvalue weighted by atomic mass is 9.89. The molecule has 2 aromatic rings. The van der Waals surface area contributed by atoms with Gasteiger partial charge >= 0.3 is 0 Å². The van der Waals surface area contributed by atoms with Gasteiger partial charge in [0, 0.05) is 11.6 Å². The summed E-state index contributed by atoms with van der Waals surface area (Å²) < 4.78 is 0. The van der Waals surface area contributed by atoms with Crippen LogP contribution in [0.2, 0.25) is 5.02 Å². The van der Waals surface area contributed by atoms with Gasteiger partial charge in [-0.1, -0.05) is 48.0 Å². The highest BCUT2D eigenvalue weighted by atomic mass is 35.5. The Morgan fingerprint density at radius 3 is 2.40 bits per heavy atom. The SMILES string of the molecule is Cc1ccccc1[C@]1(O)CCN(C(=O)C2(c3ccc(Cl)cc3)CC2)C1. The summed E-state index contributed by atoms with van der Waals surface area (Å²) >= 11 is 5.98. The Hall–Kier alpha value is -1.84. The third kappa shape index (κ3) is 2.76. The molecule has 1 heterocycles. The molecule has 4 heteroatoms. The van der Waals surface area contributed by atoms with E-state index in [-0.39, 0.29) is 5.91 Å². The first-order valence-corrected chi connectivity index (χ1v) is 9.16. The van der Waals surface area contributed by atoms with Gasteiger partial charge in [0.1, 0.15) is 5.60 Å². The van der Waals surface area contributed by atoms with E-state index in [0.29, 0.717) is 24.5 Å². The number of benzene rings is 2. The summed E-state index contributed by atoms with van der Waals surface area (Å²) in [7, 11) is 0. The normalized spacial score (nSPS) is 24.4. The van der Waals surface area contributed by atoms with Gasteiger partial charge < -0.3 is 10.0 Å².